The monoisotopic (exact) mass is 313 g/mol. The fourth-order valence-corrected chi connectivity index (χ4v) is 2.48. The molecule has 0 aliphatic heterocycles. The fourth-order valence-electron chi connectivity index (χ4n) is 2.48. The summed E-state index contributed by atoms with van der Waals surface area (Å²) in [4.78, 5) is 13.9. The Morgan fingerprint density at radius 2 is 1.95 bits per heavy atom. The zero-order chi connectivity index (χ0) is 16.2. The molecule has 1 amide bonds. The number of carbonyl (C=O) groups is 1. The number of halogens is 3. The highest BCUT2D eigenvalue weighted by Gasteiger charge is 2.31. The molecular formula is C16H18F3NO2. The van der Waals surface area contributed by atoms with Gasteiger partial charge in [0, 0.05) is 19.5 Å². The maximum Gasteiger partial charge on any atom is 0.573 e. The molecule has 22 heavy (non-hydrogen) atoms. The Labute approximate surface area is 127 Å². The first kappa shape index (κ1) is 16.4. The lowest BCUT2D eigenvalue weighted by molar-refractivity contribution is -0.274. The van der Waals surface area contributed by atoms with E-state index in [4.69, 9.17) is 0 Å². The topological polar surface area (TPSA) is 29.5 Å². The van der Waals surface area contributed by atoms with Crippen LogP contribution in [0.5, 0.6) is 5.75 Å². The summed E-state index contributed by atoms with van der Waals surface area (Å²) in [6.07, 6.45) is 1.91. The minimum Gasteiger partial charge on any atom is -0.406 e. The number of allylic oxidation sites excluding steroid dienone is 2. The molecule has 0 bridgehead atoms. The number of rotatable bonds is 4. The van der Waals surface area contributed by atoms with Gasteiger partial charge in [0.05, 0.1) is 0 Å². The Morgan fingerprint density at radius 3 is 2.50 bits per heavy atom. The van der Waals surface area contributed by atoms with Crippen molar-refractivity contribution in [3.63, 3.8) is 0 Å². The van der Waals surface area contributed by atoms with Crippen molar-refractivity contribution in [1.82, 2.24) is 4.90 Å². The number of hydrogen-bond acceptors (Lipinski definition) is 2. The molecule has 0 aromatic heterocycles. The van der Waals surface area contributed by atoms with Crippen molar-refractivity contribution in [3.05, 3.63) is 42.0 Å². The van der Waals surface area contributed by atoms with Crippen LogP contribution in [0.3, 0.4) is 0 Å². The van der Waals surface area contributed by atoms with Crippen molar-refractivity contribution in [2.24, 2.45) is 5.92 Å². The standard InChI is InChI=1S/C16H18F3NO2/c1-20(15(21)13-5-3-2-4-6-13)11-12-7-9-14(10-8-12)22-16(17,18)19/h2-3,7-10,13H,4-6,11H2,1H3. The largest absolute Gasteiger partial charge is 0.573 e. The first-order valence-electron chi connectivity index (χ1n) is 7.10. The van der Waals surface area contributed by atoms with Gasteiger partial charge in [0.15, 0.2) is 0 Å². The smallest absolute Gasteiger partial charge is 0.406 e. The van der Waals surface area contributed by atoms with Crippen LogP contribution in [-0.2, 0) is 11.3 Å². The van der Waals surface area contributed by atoms with Crippen molar-refractivity contribution in [3.8, 4) is 5.75 Å². The van der Waals surface area contributed by atoms with Gasteiger partial charge in [0.25, 0.3) is 0 Å². The van der Waals surface area contributed by atoms with Gasteiger partial charge in [-0.3, -0.25) is 4.79 Å². The van der Waals surface area contributed by atoms with E-state index in [1.54, 1.807) is 11.9 Å². The van der Waals surface area contributed by atoms with E-state index in [1.807, 2.05) is 6.08 Å². The third kappa shape index (κ3) is 4.79. The number of amides is 1. The Balaban J connectivity index is 1.92. The molecule has 1 aliphatic carbocycles. The van der Waals surface area contributed by atoms with Gasteiger partial charge in [-0.1, -0.05) is 24.3 Å². The van der Waals surface area contributed by atoms with Crippen molar-refractivity contribution < 1.29 is 22.7 Å². The highest BCUT2D eigenvalue weighted by Crippen LogP contribution is 2.24. The number of hydrogen-bond donors (Lipinski definition) is 0. The van der Waals surface area contributed by atoms with Crippen LogP contribution in [0.1, 0.15) is 24.8 Å². The quantitative estimate of drug-likeness (QED) is 0.789. The van der Waals surface area contributed by atoms with E-state index in [9.17, 15) is 18.0 Å². The molecule has 0 fully saturated rings. The zero-order valence-electron chi connectivity index (χ0n) is 12.3. The highest BCUT2D eigenvalue weighted by molar-refractivity contribution is 5.78. The molecule has 1 aromatic carbocycles. The van der Waals surface area contributed by atoms with Crippen LogP contribution in [0.4, 0.5) is 13.2 Å². The minimum atomic E-state index is -4.69. The van der Waals surface area contributed by atoms with Crippen LogP contribution in [0.2, 0.25) is 0 Å². The molecule has 120 valence electrons. The minimum absolute atomic E-state index is 0.00263. The first-order chi connectivity index (χ1) is 10.3. The number of nitrogens with zero attached hydrogens (tertiary/aromatic N) is 1. The Hall–Kier alpha value is -1.98. The van der Waals surface area contributed by atoms with E-state index in [-0.39, 0.29) is 17.6 Å². The molecule has 6 heteroatoms. The lowest BCUT2D eigenvalue weighted by Gasteiger charge is -2.24. The Kier molecular flexibility index (Phi) is 5.11. The summed E-state index contributed by atoms with van der Waals surface area (Å²) in [5.74, 6) is -0.189. The van der Waals surface area contributed by atoms with Crippen LogP contribution in [0, 0.1) is 5.92 Å². The molecule has 0 heterocycles. The molecule has 0 radical (unpaired) electrons. The third-order valence-electron chi connectivity index (χ3n) is 3.57. The second-order valence-corrected chi connectivity index (χ2v) is 5.37. The summed E-state index contributed by atoms with van der Waals surface area (Å²) >= 11 is 0. The van der Waals surface area contributed by atoms with Gasteiger partial charge < -0.3 is 9.64 Å². The van der Waals surface area contributed by atoms with Crippen molar-refractivity contribution in [1.29, 1.82) is 0 Å². The van der Waals surface area contributed by atoms with Gasteiger partial charge in [0.2, 0.25) is 5.91 Å². The van der Waals surface area contributed by atoms with Crippen LogP contribution in [0.15, 0.2) is 36.4 Å². The molecule has 1 atom stereocenters. The molecule has 2 rings (SSSR count). The summed E-state index contributed by atoms with van der Waals surface area (Å²) in [6.45, 7) is 0.366. The summed E-state index contributed by atoms with van der Waals surface area (Å²) in [5, 5.41) is 0. The third-order valence-corrected chi connectivity index (χ3v) is 3.57. The van der Waals surface area contributed by atoms with E-state index >= 15 is 0 Å². The number of carbonyl (C=O) groups excluding carboxylic acids is 1. The molecule has 1 unspecified atom stereocenters. The van der Waals surface area contributed by atoms with E-state index in [2.05, 4.69) is 10.8 Å². The second-order valence-electron chi connectivity index (χ2n) is 5.37. The normalized spacial score (nSPS) is 18.1. The molecule has 0 N–H and O–H groups in total. The van der Waals surface area contributed by atoms with Gasteiger partial charge in [-0.05, 0) is 37.0 Å². The number of alkyl halides is 3. The van der Waals surface area contributed by atoms with E-state index in [0.717, 1.165) is 24.8 Å². The molecule has 3 nitrogen and oxygen atoms in total. The fraction of sp³-hybridized carbons (Fsp3) is 0.438. The zero-order valence-corrected chi connectivity index (χ0v) is 12.3. The number of benzene rings is 1. The van der Waals surface area contributed by atoms with Crippen LogP contribution in [-0.4, -0.2) is 24.2 Å². The summed E-state index contributed by atoms with van der Waals surface area (Å²) in [7, 11) is 1.71. The average Bonchev–Trinajstić information content (AvgIpc) is 2.48. The van der Waals surface area contributed by atoms with Gasteiger partial charge in [-0.2, -0.15) is 0 Å². The Morgan fingerprint density at radius 1 is 1.27 bits per heavy atom. The van der Waals surface area contributed by atoms with Crippen molar-refractivity contribution >= 4 is 5.91 Å². The van der Waals surface area contributed by atoms with Crippen molar-refractivity contribution in [2.45, 2.75) is 32.2 Å². The Bertz CT molecular complexity index is 537. The lowest BCUT2D eigenvalue weighted by Crippen LogP contribution is -2.32. The predicted octanol–water partition coefficient (Wildman–Crippen LogP) is 3.90. The molecule has 0 saturated heterocycles. The lowest BCUT2D eigenvalue weighted by atomic mass is 9.93. The van der Waals surface area contributed by atoms with Gasteiger partial charge in [-0.15, -0.1) is 13.2 Å². The molecule has 0 saturated carbocycles. The highest BCUT2D eigenvalue weighted by atomic mass is 19.4. The van der Waals surface area contributed by atoms with Gasteiger partial charge in [0.1, 0.15) is 5.75 Å². The average molecular weight is 313 g/mol. The van der Waals surface area contributed by atoms with E-state index in [1.165, 1.54) is 24.3 Å². The summed E-state index contributed by atoms with van der Waals surface area (Å²) < 4.78 is 40.1. The predicted molar refractivity (Wildman–Crippen MR) is 76.1 cm³/mol. The van der Waals surface area contributed by atoms with Crippen LogP contribution in [0.25, 0.3) is 0 Å². The molecule has 1 aliphatic rings. The molecule has 1 aromatic rings. The van der Waals surface area contributed by atoms with E-state index in [0.29, 0.717) is 6.54 Å². The van der Waals surface area contributed by atoms with Crippen molar-refractivity contribution in [2.75, 3.05) is 7.05 Å². The maximum atomic E-state index is 12.3. The molecular weight excluding hydrogens is 295 g/mol. The van der Waals surface area contributed by atoms with Crippen LogP contribution >= 0.6 is 0 Å². The van der Waals surface area contributed by atoms with Gasteiger partial charge >= 0.3 is 6.36 Å². The number of ether oxygens (including phenoxy) is 1. The first-order valence-corrected chi connectivity index (χ1v) is 7.10. The van der Waals surface area contributed by atoms with E-state index < -0.39 is 6.36 Å². The second kappa shape index (κ2) is 6.85. The summed E-state index contributed by atoms with van der Waals surface area (Å²) in [6, 6.07) is 5.58. The molecule has 0 spiro atoms. The van der Waals surface area contributed by atoms with Crippen LogP contribution < -0.4 is 4.74 Å². The maximum absolute atomic E-state index is 12.3. The SMILES string of the molecule is CN(Cc1ccc(OC(F)(F)F)cc1)C(=O)C1CC=CCC1. The van der Waals surface area contributed by atoms with Gasteiger partial charge in [-0.25, -0.2) is 0 Å². The summed E-state index contributed by atoms with van der Waals surface area (Å²) in [5.41, 5.74) is 0.761.